The molecule has 0 aliphatic carbocycles. The van der Waals surface area contributed by atoms with E-state index >= 15 is 0 Å². The molecule has 26 heteroatoms. The van der Waals surface area contributed by atoms with Gasteiger partial charge < -0.3 is 73.6 Å². The highest BCUT2D eigenvalue weighted by molar-refractivity contribution is 7.99. The summed E-state index contributed by atoms with van der Waals surface area (Å²) in [6, 6.07) is 3.40. The quantitative estimate of drug-likeness (QED) is 0.0241. The maximum Gasteiger partial charge on any atom is 0.343 e. The molecular formula is C56H75N7O18S. The number of benzene rings is 1. The third kappa shape index (κ3) is 16.8. The van der Waals surface area contributed by atoms with E-state index in [-0.39, 0.29) is 86.6 Å². The topological polar surface area (TPSA) is 309 Å². The van der Waals surface area contributed by atoms with E-state index in [1.807, 2.05) is 0 Å². The molecule has 2 aromatic heterocycles. The first-order valence-corrected chi connectivity index (χ1v) is 28.7. The van der Waals surface area contributed by atoms with Crippen LogP contribution in [0.1, 0.15) is 69.2 Å². The van der Waals surface area contributed by atoms with Crippen LogP contribution in [0.15, 0.2) is 40.0 Å². The van der Waals surface area contributed by atoms with Gasteiger partial charge in [-0.15, -0.1) is 11.8 Å². The number of esters is 1. The van der Waals surface area contributed by atoms with E-state index in [0.29, 0.717) is 134 Å². The first-order valence-electron chi connectivity index (χ1n) is 27.7. The SMILES string of the molecule is CC[C@@]1(O)C(=O)OCc2c1cc1n(c2=O)Cc2c-1nc1ccc(NC(=O)[C@H](C)NC(=O)[C@@H](NC(=O)CCOCCOCCOCCOCCOCCOCCOCCOCCNC(=O)CCN3C(=O)C=CC3=O)C(C)C)c3c1c2CCS3. The lowest BCUT2D eigenvalue weighted by atomic mass is 9.86. The first-order chi connectivity index (χ1) is 39.6. The molecule has 3 aromatic rings. The van der Waals surface area contributed by atoms with Crippen molar-refractivity contribution in [2.45, 2.75) is 89.1 Å². The molecule has 6 heterocycles. The second-order valence-electron chi connectivity index (χ2n) is 19.9. The average molecular weight is 1170 g/mol. The van der Waals surface area contributed by atoms with Gasteiger partial charge in [0.1, 0.15) is 18.7 Å². The van der Waals surface area contributed by atoms with Gasteiger partial charge in [-0.3, -0.25) is 38.5 Å². The van der Waals surface area contributed by atoms with Crippen LogP contribution in [-0.4, -0.2) is 198 Å². The van der Waals surface area contributed by atoms with E-state index in [4.69, 9.17) is 47.6 Å². The molecule has 0 radical (unpaired) electrons. The van der Waals surface area contributed by atoms with Crippen LogP contribution in [0.25, 0.3) is 22.3 Å². The van der Waals surface area contributed by atoms with Gasteiger partial charge in [0.25, 0.3) is 17.4 Å². The van der Waals surface area contributed by atoms with Gasteiger partial charge in [0.2, 0.25) is 23.6 Å². The molecule has 448 valence electrons. The van der Waals surface area contributed by atoms with E-state index in [9.17, 15) is 43.5 Å². The van der Waals surface area contributed by atoms with Gasteiger partial charge in [0.15, 0.2) is 5.60 Å². The molecule has 3 atom stereocenters. The van der Waals surface area contributed by atoms with Crippen molar-refractivity contribution in [1.82, 2.24) is 30.4 Å². The Morgan fingerprint density at radius 3 is 1.87 bits per heavy atom. The maximum atomic E-state index is 13.8. The Kier molecular flexibility index (Phi) is 24.3. The zero-order valence-electron chi connectivity index (χ0n) is 46.9. The van der Waals surface area contributed by atoms with Crippen molar-refractivity contribution in [3.8, 4) is 11.4 Å². The Balaban J connectivity index is 0.676. The zero-order valence-corrected chi connectivity index (χ0v) is 47.8. The molecule has 0 unspecified atom stereocenters. The predicted octanol–water partition coefficient (Wildman–Crippen LogP) is 1.27. The number of amides is 6. The summed E-state index contributed by atoms with van der Waals surface area (Å²) >= 11 is 1.58. The van der Waals surface area contributed by atoms with Gasteiger partial charge in [0, 0.05) is 65.2 Å². The van der Waals surface area contributed by atoms with E-state index in [0.717, 1.165) is 26.3 Å². The number of nitrogens with zero attached hydrogens (tertiary/aromatic N) is 3. The Morgan fingerprint density at radius 1 is 0.720 bits per heavy atom. The number of cyclic esters (lactones) is 1. The van der Waals surface area contributed by atoms with Gasteiger partial charge in [-0.2, -0.15) is 0 Å². The van der Waals surface area contributed by atoms with Crippen LogP contribution in [0.2, 0.25) is 0 Å². The van der Waals surface area contributed by atoms with Crippen molar-refractivity contribution in [2.75, 3.05) is 130 Å². The molecule has 7 rings (SSSR count). The summed E-state index contributed by atoms with van der Waals surface area (Å²) in [4.78, 5) is 108. The molecule has 0 saturated heterocycles. The summed E-state index contributed by atoms with van der Waals surface area (Å²) in [5.74, 6) is -2.81. The fourth-order valence-corrected chi connectivity index (χ4v) is 10.6. The fraction of sp³-hybridized carbons (Fsp3) is 0.589. The summed E-state index contributed by atoms with van der Waals surface area (Å²) in [5.41, 5.74) is 2.47. The van der Waals surface area contributed by atoms with Crippen LogP contribution < -0.4 is 26.8 Å². The largest absolute Gasteiger partial charge is 0.458 e. The number of carbonyl (C=O) groups is 7. The number of aromatic nitrogens is 2. The standard InChI is InChI=1S/C56H75N7O18S/c1-5-56(72)40-32-43-50-38(33-63(43)54(70)39(40)34-81-55(56)71)37-12-31-82-51-42(7-6-41(59-50)48(37)51)60-52(68)36(4)58-53(69)49(35(2)3)61-45(65)11-15-73-17-19-75-21-23-77-25-27-79-29-30-80-28-26-78-24-22-76-20-18-74-16-13-57-44(64)10-14-62-46(66)8-9-47(62)67/h6-9,32,35-36,49,72H,5,10-31,33-34H2,1-4H3,(H,57,64)(H,58,69)(H,60,68)(H,61,65)/t36-,49-,56-/m0/s1. The minimum Gasteiger partial charge on any atom is -0.458 e. The Hall–Kier alpha value is -6.20. The fourth-order valence-electron chi connectivity index (χ4n) is 9.42. The third-order valence-electron chi connectivity index (χ3n) is 13.9. The van der Waals surface area contributed by atoms with Crippen molar-refractivity contribution in [1.29, 1.82) is 0 Å². The number of nitrogens with one attached hydrogen (secondary N) is 4. The van der Waals surface area contributed by atoms with Gasteiger partial charge >= 0.3 is 5.97 Å². The number of fused-ring (bicyclic) bond motifs is 5. The van der Waals surface area contributed by atoms with E-state index in [1.54, 1.807) is 62.2 Å². The number of pyridine rings is 2. The molecular weight excluding hydrogens is 1090 g/mol. The molecule has 25 nitrogen and oxygen atoms in total. The molecule has 0 spiro atoms. The Bertz CT molecular complexity index is 2850. The Labute approximate surface area is 479 Å². The van der Waals surface area contributed by atoms with Crippen LogP contribution in [-0.2, 0) is 101 Å². The number of imide groups is 1. The van der Waals surface area contributed by atoms with E-state index in [2.05, 4.69) is 21.3 Å². The molecule has 4 aliphatic heterocycles. The summed E-state index contributed by atoms with van der Waals surface area (Å²) in [7, 11) is 0. The normalized spacial score (nSPS) is 16.7. The monoisotopic (exact) mass is 1170 g/mol. The van der Waals surface area contributed by atoms with Crippen LogP contribution in [0.4, 0.5) is 5.69 Å². The molecule has 0 saturated carbocycles. The van der Waals surface area contributed by atoms with Gasteiger partial charge in [-0.05, 0) is 49.4 Å². The minimum absolute atomic E-state index is 0.0137. The molecule has 0 bridgehead atoms. The number of carbonyl (C=O) groups excluding carboxylic acids is 7. The van der Waals surface area contributed by atoms with Crippen LogP contribution in [0, 0.1) is 5.92 Å². The van der Waals surface area contributed by atoms with Crippen molar-refractivity contribution in [2.24, 2.45) is 5.92 Å². The van der Waals surface area contributed by atoms with Crippen LogP contribution in [0.5, 0.6) is 0 Å². The molecule has 6 amide bonds. The average Bonchev–Trinajstić information content (AvgIpc) is 1.91. The highest BCUT2D eigenvalue weighted by atomic mass is 32.2. The number of thioether (sulfide) groups is 1. The number of anilines is 1. The predicted molar refractivity (Wildman–Crippen MR) is 297 cm³/mol. The van der Waals surface area contributed by atoms with Gasteiger partial charge in [-0.25, -0.2) is 9.78 Å². The third-order valence-corrected chi connectivity index (χ3v) is 15.0. The van der Waals surface area contributed by atoms with E-state index in [1.165, 1.54) is 12.2 Å². The summed E-state index contributed by atoms with van der Waals surface area (Å²) in [5, 5.41) is 23.4. The summed E-state index contributed by atoms with van der Waals surface area (Å²) in [6.45, 7) is 12.9. The van der Waals surface area contributed by atoms with Crippen molar-refractivity contribution < 1.29 is 81.3 Å². The smallest absolute Gasteiger partial charge is 0.343 e. The number of hydrogen-bond acceptors (Lipinski definition) is 20. The maximum absolute atomic E-state index is 13.8. The molecule has 82 heavy (non-hydrogen) atoms. The summed E-state index contributed by atoms with van der Waals surface area (Å²) in [6.07, 6.45) is 3.14. The highest BCUT2D eigenvalue weighted by Crippen LogP contribution is 2.46. The van der Waals surface area contributed by atoms with Crippen molar-refractivity contribution >= 4 is 69.8 Å². The lowest BCUT2D eigenvalue weighted by molar-refractivity contribution is -0.172. The Morgan fingerprint density at radius 2 is 1.29 bits per heavy atom. The lowest BCUT2D eigenvalue weighted by Gasteiger charge is -2.31. The minimum atomic E-state index is -1.93. The van der Waals surface area contributed by atoms with Crippen molar-refractivity contribution in [3.05, 3.63) is 63.0 Å². The summed E-state index contributed by atoms with van der Waals surface area (Å²) < 4.78 is 50.8. The second-order valence-corrected chi connectivity index (χ2v) is 21.0. The molecule has 4 aliphatic rings. The number of aliphatic hydroxyl groups is 1. The zero-order chi connectivity index (χ0) is 58.6. The lowest BCUT2D eigenvalue weighted by Crippen LogP contribution is -2.53. The van der Waals surface area contributed by atoms with Gasteiger partial charge in [-0.1, -0.05) is 20.8 Å². The van der Waals surface area contributed by atoms with Gasteiger partial charge in [0.05, 0.1) is 140 Å². The number of aryl methyl sites for hydroxylation is 1. The first kappa shape index (κ1) is 63.4. The van der Waals surface area contributed by atoms with Crippen LogP contribution >= 0.6 is 11.8 Å². The number of hydrogen-bond donors (Lipinski definition) is 5. The van der Waals surface area contributed by atoms with Crippen molar-refractivity contribution in [3.63, 3.8) is 0 Å². The highest BCUT2D eigenvalue weighted by Gasteiger charge is 2.46. The van der Waals surface area contributed by atoms with Crippen LogP contribution in [0.3, 0.4) is 0 Å². The number of rotatable bonds is 37. The molecule has 0 fully saturated rings. The molecule has 5 N–H and O–H groups in total. The number of ether oxygens (including phenoxy) is 9. The molecule has 1 aromatic carbocycles. The second kappa shape index (κ2) is 31.5. The van der Waals surface area contributed by atoms with E-state index < -0.39 is 47.3 Å².